The molecule has 0 saturated carbocycles. The number of hydrogen-bond donors (Lipinski definition) is 3. The zero-order chi connectivity index (χ0) is 30.0. The van der Waals surface area contributed by atoms with Crippen molar-refractivity contribution < 1.29 is 92.2 Å². The SMILES string of the molecule is Nc1c([O-])cc2cc(S(=O)(=O)O)ccc2c1N=Nc1ccc(-c2ccc(N=Nc3ccc([O-])c(C(=O)O)c3)cc2)cc1.[Na+].[Na+]. The third kappa shape index (κ3) is 7.88. The zero-order valence-corrected chi connectivity index (χ0v) is 28.2. The van der Waals surface area contributed by atoms with Crippen molar-refractivity contribution in [1.29, 1.82) is 0 Å². The van der Waals surface area contributed by atoms with Crippen LogP contribution in [0.25, 0.3) is 21.9 Å². The fourth-order valence-corrected chi connectivity index (χ4v) is 4.55. The summed E-state index contributed by atoms with van der Waals surface area (Å²) < 4.78 is 32.2. The van der Waals surface area contributed by atoms with E-state index in [2.05, 4.69) is 20.5 Å². The monoisotopic (exact) mass is 627 g/mol. The molecule has 0 amide bonds. The van der Waals surface area contributed by atoms with E-state index in [1.165, 1.54) is 24.3 Å². The van der Waals surface area contributed by atoms with Gasteiger partial charge in [0.1, 0.15) is 5.69 Å². The molecule has 5 rings (SSSR count). The zero-order valence-electron chi connectivity index (χ0n) is 23.4. The second-order valence-corrected chi connectivity index (χ2v) is 10.4. The minimum atomic E-state index is -4.46. The van der Waals surface area contributed by atoms with Crippen molar-refractivity contribution in [3.8, 4) is 22.6 Å². The standard InChI is InChI=1S/C29H21N5O7S.2Na/c30-27-26(36)14-18-13-22(42(39,40)41)10-11-23(18)28(27)34-32-20-7-3-17(4-8-20)16-1-5-19(6-2-16)31-33-21-9-12-25(35)24(15-21)29(37)38;;/h1-15,35-36H,30H2,(H,37,38)(H,39,40,41);;/q;2*+1/p-2. The summed E-state index contributed by atoms with van der Waals surface area (Å²) in [6.45, 7) is 0. The van der Waals surface area contributed by atoms with Crippen LogP contribution in [0.2, 0.25) is 0 Å². The Kier molecular flexibility index (Phi) is 11.4. The van der Waals surface area contributed by atoms with Gasteiger partial charge in [-0.05, 0) is 65.0 Å². The first-order valence-corrected chi connectivity index (χ1v) is 13.5. The fourth-order valence-electron chi connectivity index (χ4n) is 4.04. The summed E-state index contributed by atoms with van der Waals surface area (Å²) in [7, 11) is -4.46. The normalized spacial score (nSPS) is 11.4. The smallest absolute Gasteiger partial charge is 0.872 e. The Hall–Kier alpha value is -3.66. The summed E-state index contributed by atoms with van der Waals surface area (Å²) in [6, 6.07) is 22.7. The van der Waals surface area contributed by atoms with Crippen LogP contribution in [0.3, 0.4) is 0 Å². The summed E-state index contributed by atoms with van der Waals surface area (Å²) in [5.74, 6) is -2.50. The maximum atomic E-state index is 12.3. The van der Waals surface area contributed by atoms with E-state index in [1.54, 1.807) is 24.3 Å². The molecule has 0 heterocycles. The second kappa shape index (κ2) is 14.4. The van der Waals surface area contributed by atoms with Gasteiger partial charge in [0.05, 0.1) is 33.2 Å². The number of anilines is 1. The largest absolute Gasteiger partial charge is 1.00 e. The third-order valence-corrected chi connectivity index (χ3v) is 7.04. The van der Waals surface area contributed by atoms with E-state index in [9.17, 15) is 28.0 Å². The van der Waals surface area contributed by atoms with Gasteiger partial charge in [0.25, 0.3) is 10.1 Å². The van der Waals surface area contributed by atoms with Crippen molar-refractivity contribution in [2.75, 3.05) is 5.73 Å². The number of rotatable bonds is 7. The Labute approximate surface area is 295 Å². The summed E-state index contributed by atoms with van der Waals surface area (Å²) in [5, 5.41) is 50.0. The van der Waals surface area contributed by atoms with Gasteiger partial charge in [0, 0.05) is 5.39 Å². The predicted octanol–water partition coefficient (Wildman–Crippen LogP) is 0.0199. The first-order valence-electron chi connectivity index (χ1n) is 12.1. The quantitative estimate of drug-likeness (QED) is 0.0966. The fraction of sp³-hybridized carbons (Fsp3) is 0. The Morgan fingerprint density at radius 1 is 0.682 bits per heavy atom. The number of azo groups is 2. The minimum Gasteiger partial charge on any atom is -0.872 e. The second-order valence-electron chi connectivity index (χ2n) is 8.97. The molecule has 0 unspecified atom stereocenters. The first-order chi connectivity index (χ1) is 20.0. The van der Waals surface area contributed by atoms with E-state index in [-0.39, 0.29) is 92.0 Å². The third-order valence-electron chi connectivity index (χ3n) is 6.19. The molecule has 0 fully saturated rings. The summed E-state index contributed by atoms with van der Waals surface area (Å²) in [4.78, 5) is 10.8. The molecule has 0 atom stereocenters. The van der Waals surface area contributed by atoms with E-state index < -0.39 is 27.6 Å². The number of nitrogens with two attached hydrogens (primary N) is 1. The molecule has 0 aromatic heterocycles. The predicted molar refractivity (Wildman–Crippen MR) is 151 cm³/mol. The van der Waals surface area contributed by atoms with E-state index >= 15 is 0 Å². The van der Waals surface area contributed by atoms with Crippen LogP contribution >= 0.6 is 0 Å². The molecule has 0 spiro atoms. The molecular weight excluding hydrogens is 608 g/mol. The molecule has 0 aliphatic heterocycles. The van der Waals surface area contributed by atoms with E-state index in [0.717, 1.165) is 29.3 Å². The Balaban J connectivity index is 0.00000264. The van der Waals surface area contributed by atoms with Gasteiger partial charge in [-0.15, -0.1) is 5.11 Å². The number of nitrogens with zero attached hydrogens (tertiary/aromatic N) is 4. The van der Waals surface area contributed by atoms with Crippen LogP contribution < -0.4 is 75.1 Å². The Bertz CT molecular complexity index is 2020. The van der Waals surface area contributed by atoms with Crippen LogP contribution in [0.5, 0.6) is 11.5 Å². The molecule has 0 bridgehead atoms. The number of nitrogen functional groups attached to an aromatic ring is 1. The van der Waals surface area contributed by atoms with E-state index in [0.29, 0.717) is 16.8 Å². The number of carboxylic acid groups (broad SMARTS) is 1. The molecule has 0 radical (unpaired) electrons. The molecular formula is C29H19N5Na2O7S. The van der Waals surface area contributed by atoms with Crippen LogP contribution in [0, 0.1) is 0 Å². The topological polar surface area (TPSA) is 213 Å². The minimum absolute atomic E-state index is 0. The van der Waals surface area contributed by atoms with Crippen molar-refractivity contribution in [2.24, 2.45) is 20.5 Å². The van der Waals surface area contributed by atoms with Gasteiger partial charge >= 0.3 is 65.1 Å². The number of aromatic carboxylic acids is 1. The number of hydrogen-bond acceptors (Lipinski definition) is 10. The van der Waals surface area contributed by atoms with Gasteiger partial charge in [-0.25, -0.2) is 4.79 Å². The van der Waals surface area contributed by atoms with Crippen molar-refractivity contribution in [3.63, 3.8) is 0 Å². The molecule has 0 aliphatic carbocycles. The van der Waals surface area contributed by atoms with Gasteiger partial charge in [-0.1, -0.05) is 54.0 Å². The summed E-state index contributed by atoms with van der Waals surface area (Å²) in [5.41, 5.74) is 8.44. The van der Waals surface area contributed by atoms with Crippen LogP contribution in [-0.4, -0.2) is 24.0 Å². The van der Waals surface area contributed by atoms with Crippen molar-refractivity contribution in [1.82, 2.24) is 0 Å². The molecule has 5 aromatic carbocycles. The Morgan fingerprint density at radius 3 is 1.75 bits per heavy atom. The maximum Gasteiger partial charge on any atom is 1.00 e. The molecule has 0 aliphatic rings. The first kappa shape index (κ1) is 34.8. The summed E-state index contributed by atoms with van der Waals surface area (Å²) >= 11 is 0. The van der Waals surface area contributed by atoms with Crippen LogP contribution in [0.15, 0.2) is 116 Å². The van der Waals surface area contributed by atoms with Gasteiger partial charge in [-0.2, -0.15) is 23.8 Å². The van der Waals surface area contributed by atoms with Gasteiger partial charge < -0.3 is 21.1 Å². The Morgan fingerprint density at radius 2 is 1.20 bits per heavy atom. The molecule has 4 N–H and O–H groups in total. The number of fused-ring (bicyclic) bond motifs is 1. The van der Waals surface area contributed by atoms with Crippen LogP contribution in [-0.2, 0) is 10.1 Å². The number of carbonyl (C=O) groups is 1. The van der Waals surface area contributed by atoms with Crippen molar-refractivity contribution in [3.05, 3.63) is 96.6 Å². The molecule has 210 valence electrons. The van der Waals surface area contributed by atoms with Gasteiger partial charge in [0.2, 0.25) is 0 Å². The van der Waals surface area contributed by atoms with Gasteiger partial charge in [-0.3, -0.25) is 4.55 Å². The van der Waals surface area contributed by atoms with E-state index in [4.69, 9.17) is 10.8 Å². The molecule has 44 heavy (non-hydrogen) atoms. The van der Waals surface area contributed by atoms with Crippen molar-refractivity contribution >= 4 is 55.3 Å². The number of carboxylic acids is 1. The molecule has 12 nitrogen and oxygen atoms in total. The molecule has 5 aromatic rings. The van der Waals surface area contributed by atoms with Crippen molar-refractivity contribution in [2.45, 2.75) is 4.90 Å². The van der Waals surface area contributed by atoms with Crippen LogP contribution in [0.4, 0.5) is 28.4 Å². The molecule has 15 heteroatoms. The average molecular weight is 628 g/mol. The summed E-state index contributed by atoms with van der Waals surface area (Å²) in [6.07, 6.45) is 0. The average Bonchev–Trinajstić information content (AvgIpc) is 2.96. The maximum absolute atomic E-state index is 12.3. The number of benzene rings is 5. The molecule has 0 saturated heterocycles. The van der Waals surface area contributed by atoms with E-state index in [1.807, 2.05) is 24.3 Å². The van der Waals surface area contributed by atoms with Crippen LogP contribution in [0.1, 0.15) is 10.4 Å². The van der Waals surface area contributed by atoms with Gasteiger partial charge in [0.15, 0.2) is 0 Å².